The fourth-order valence-electron chi connectivity index (χ4n) is 2.67. The van der Waals surface area contributed by atoms with Gasteiger partial charge < -0.3 is 15.1 Å². The Hall–Kier alpha value is -0.980. The third kappa shape index (κ3) is 3.81. The van der Waals surface area contributed by atoms with Crippen LogP contribution in [0.15, 0.2) is 22.7 Å². The molecule has 1 saturated carbocycles. The molecule has 2 N–H and O–H groups in total. The summed E-state index contributed by atoms with van der Waals surface area (Å²) in [6.45, 7) is 0. The summed E-state index contributed by atoms with van der Waals surface area (Å²) in [5.74, 6) is -1.13. The van der Waals surface area contributed by atoms with E-state index in [0.29, 0.717) is 30.2 Å². The Morgan fingerprint density at radius 1 is 1.38 bits per heavy atom. The minimum atomic E-state index is -1.50. The van der Waals surface area contributed by atoms with Crippen molar-refractivity contribution in [3.8, 4) is 0 Å². The van der Waals surface area contributed by atoms with E-state index in [9.17, 15) is 19.4 Å². The molecule has 1 aliphatic rings. The van der Waals surface area contributed by atoms with Crippen LogP contribution in [0.4, 0.5) is 4.39 Å². The number of likely N-dealkylation sites (N-methyl/N-ethyl adjacent to an activating group) is 1. The molecule has 1 unspecified atom stereocenters. The lowest BCUT2D eigenvalue weighted by Crippen LogP contribution is -2.42. The largest absolute Gasteiger partial charge is 0.393 e. The molecule has 2 rings (SSSR count). The minimum absolute atomic E-state index is 0.0194. The Bertz CT molecular complexity index is 518. The topological polar surface area (TPSA) is 60.8 Å². The van der Waals surface area contributed by atoms with E-state index >= 15 is 0 Å². The van der Waals surface area contributed by atoms with E-state index in [1.807, 2.05) is 0 Å². The molecule has 1 amide bonds. The highest BCUT2D eigenvalue weighted by Crippen LogP contribution is 2.26. The molecule has 0 aromatic heterocycles. The zero-order chi connectivity index (χ0) is 15.6. The SMILES string of the molecule is CN(C(=O)C(O)c1ccc(Br)cc1F)C1CCC(O)CC1. The molecule has 6 heteroatoms. The van der Waals surface area contributed by atoms with Crippen molar-refractivity contribution in [1.29, 1.82) is 0 Å². The van der Waals surface area contributed by atoms with Crippen molar-refractivity contribution >= 4 is 21.8 Å². The van der Waals surface area contributed by atoms with E-state index in [2.05, 4.69) is 15.9 Å². The van der Waals surface area contributed by atoms with Crippen LogP contribution in [0.3, 0.4) is 0 Å². The maximum atomic E-state index is 13.8. The van der Waals surface area contributed by atoms with Gasteiger partial charge in [0.1, 0.15) is 5.82 Å². The molecule has 0 heterocycles. The number of halogens is 2. The quantitative estimate of drug-likeness (QED) is 0.870. The van der Waals surface area contributed by atoms with Gasteiger partial charge in [-0.05, 0) is 37.8 Å². The fourth-order valence-corrected chi connectivity index (χ4v) is 3.01. The van der Waals surface area contributed by atoms with Gasteiger partial charge in [-0.1, -0.05) is 22.0 Å². The van der Waals surface area contributed by atoms with Gasteiger partial charge >= 0.3 is 0 Å². The maximum Gasteiger partial charge on any atom is 0.256 e. The minimum Gasteiger partial charge on any atom is -0.393 e. The zero-order valence-electron chi connectivity index (χ0n) is 11.8. The van der Waals surface area contributed by atoms with E-state index in [-0.39, 0.29) is 17.7 Å². The molecule has 0 bridgehead atoms. The first kappa shape index (κ1) is 16.4. The number of carbonyl (C=O) groups excluding carboxylic acids is 1. The fraction of sp³-hybridized carbons (Fsp3) is 0.533. The summed E-state index contributed by atoms with van der Waals surface area (Å²) in [6, 6.07) is 4.20. The lowest BCUT2D eigenvalue weighted by molar-refractivity contribution is -0.142. The summed E-state index contributed by atoms with van der Waals surface area (Å²) < 4.78 is 14.4. The molecular formula is C15H19BrFNO3. The van der Waals surface area contributed by atoms with Gasteiger partial charge in [-0.15, -0.1) is 0 Å². The van der Waals surface area contributed by atoms with E-state index < -0.39 is 17.8 Å². The van der Waals surface area contributed by atoms with Gasteiger partial charge in [0.15, 0.2) is 6.10 Å². The number of hydrogen-bond donors (Lipinski definition) is 2. The first-order valence-corrected chi connectivity index (χ1v) is 7.77. The van der Waals surface area contributed by atoms with Crippen LogP contribution in [0.25, 0.3) is 0 Å². The van der Waals surface area contributed by atoms with Crippen molar-refractivity contribution in [2.45, 2.75) is 43.9 Å². The van der Waals surface area contributed by atoms with Crippen LogP contribution in [-0.2, 0) is 4.79 Å². The van der Waals surface area contributed by atoms with Gasteiger partial charge in [-0.3, -0.25) is 4.79 Å². The van der Waals surface area contributed by atoms with Gasteiger partial charge in [-0.25, -0.2) is 4.39 Å². The normalized spacial score (nSPS) is 23.7. The Kier molecular flexibility index (Phi) is 5.35. The third-order valence-corrected chi connectivity index (χ3v) is 4.55. The molecule has 21 heavy (non-hydrogen) atoms. The first-order chi connectivity index (χ1) is 9.90. The molecule has 0 aliphatic heterocycles. The number of amides is 1. The van der Waals surface area contributed by atoms with Crippen LogP contribution >= 0.6 is 15.9 Å². The standard InChI is InChI=1S/C15H19BrFNO3/c1-18(10-3-5-11(19)6-4-10)15(21)14(20)12-7-2-9(16)8-13(12)17/h2,7-8,10-11,14,19-20H,3-6H2,1H3. The van der Waals surface area contributed by atoms with Gasteiger partial charge in [-0.2, -0.15) is 0 Å². The van der Waals surface area contributed by atoms with Gasteiger partial charge in [0.2, 0.25) is 0 Å². The summed E-state index contributed by atoms with van der Waals surface area (Å²) in [7, 11) is 1.62. The smallest absolute Gasteiger partial charge is 0.256 e. The number of aliphatic hydroxyl groups excluding tert-OH is 2. The molecule has 1 aliphatic carbocycles. The molecule has 4 nitrogen and oxygen atoms in total. The lowest BCUT2D eigenvalue weighted by atomic mass is 9.92. The Morgan fingerprint density at radius 2 is 2.00 bits per heavy atom. The van der Waals surface area contributed by atoms with Crippen molar-refractivity contribution in [2.24, 2.45) is 0 Å². The summed E-state index contributed by atoms with van der Waals surface area (Å²) in [6.07, 6.45) is 0.863. The summed E-state index contributed by atoms with van der Waals surface area (Å²) in [4.78, 5) is 13.8. The third-order valence-electron chi connectivity index (χ3n) is 4.05. The predicted molar refractivity (Wildman–Crippen MR) is 80.1 cm³/mol. The molecule has 116 valence electrons. The molecule has 1 atom stereocenters. The maximum absolute atomic E-state index is 13.8. The zero-order valence-corrected chi connectivity index (χ0v) is 13.4. The van der Waals surface area contributed by atoms with Gasteiger partial charge in [0, 0.05) is 23.1 Å². The highest BCUT2D eigenvalue weighted by Gasteiger charge is 2.30. The number of rotatable bonds is 3. The van der Waals surface area contributed by atoms with Crippen LogP contribution in [0, 0.1) is 5.82 Å². The summed E-state index contributed by atoms with van der Waals surface area (Å²) >= 11 is 3.14. The molecule has 1 fully saturated rings. The number of carbonyl (C=O) groups is 1. The Morgan fingerprint density at radius 3 is 2.57 bits per heavy atom. The van der Waals surface area contributed by atoms with E-state index in [0.717, 1.165) is 0 Å². The lowest BCUT2D eigenvalue weighted by Gasteiger charge is -2.34. The molecule has 0 spiro atoms. The van der Waals surface area contributed by atoms with E-state index in [4.69, 9.17) is 0 Å². The van der Waals surface area contributed by atoms with Crippen LogP contribution in [0.1, 0.15) is 37.4 Å². The molecular weight excluding hydrogens is 341 g/mol. The van der Waals surface area contributed by atoms with Gasteiger partial charge in [0.25, 0.3) is 5.91 Å². The number of aliphatic hydroxyl groups is 2. The number of hydrogen-bond acceptors (Lipinski definition) is 3. The first-order valence-electron chi connectivity index (χ1n) is 6.98. The summed E-state index contributed by atoms with van der Waals surface area (Å²) in [5.41, 5.74) is -0.0223. The van der Waals surface area contributed by atoms with Gasteiger partial charge in [0.05, 0.1) is 6.10 Å². The van der Waals surface area contributed by atoms with E-state index in [1.165, 1.54) is 17.0 Å². The predicted octanol–water partition coefficient (Wildman–Crippen LogP) is 2.38. The molecule has 1 aromatic rings. The Balaban J connectivity index is 2.07. The highest BCUT2D eigenvalue weighted by molar-refractivity contribution is 9.10. The summed E-state index contributed by atoms with van der Waals surface area (Å²) in [5, 5.41) is 19.6. The van der Waals surface area contributed by atoms with Crippen LogP contribution in [-0.4, -0.2) is 40.2 Å². The monoisotopic (exact) mass is 359 g/mol. The van der Waals surface area contributed by atoms with Crippen molar-refractivity contribution < 1.29 is 19.4 Å². The van der Waals surface area contributed by atoms with Crippen LogP contribution < -0.4 is 0 Å². The number of benzene rings is 1. The average Bonchev–Trinajstić information content (AvgIpc) is 2.46. The molecule has 0 saturated heterocycles. The molecule has 1 aromatic carbocycles. The van der Waals surface area contributed by atoms with Crippen molar-refractivity contribution in [2.75, 3.05) is 7.05 Å². The second kappa shape index (κ2) is 6.85. The van der Waals surface area contributed by atoms with Crippen molar-refractivity contribution in [3.63, 3.8) is 0 Å². The van der Waals surface area contributed by atoms with Crippen LogP contribution in [0.2, 0.25) is 0 Å². The van der Waals surface area contributed by atoms with Crippen molar-refractivity contribution in [3.05, 3.63) is 34.1 Å². The Labute approximate surface area is 131 Å². The second-order valence-corrected chi connectivity index (χ2v) is 6.40. The van der Waals surface area contributed by atoms with E-state index in [1.54, 1.807) is 13.1 Å². The molecule has 0 radical (unpaired) electrons. The highest BCUT2D eigenvalue weighted by atomic mass is 79.9. The second-order valence-electron chi connectivity index (χ2n) is 5.48. The van der Waals surface area contributed by atoms with Crippen molar-refractivity contribution in [1.82, 2.24) is 4.90 Å². The average molecular weight is 360 g/mol. The van der Waals surface area contributed by atoms with Crippen LogP contribution in [0.5, 0.6) is 0 Å². The number of nitrogens with zero attached hydrogens (tertiary/aromatic N) is 1.